The summed E-state index contributed by atoms with van der Waals surface area (Å²) in [7, 11) is 1.48. The molecule has 4 nitrogen and oxygen atoms in total. The molecule has 0 atom stereocenters. The molecular weight excluding hydrogens is 274 g/mol. The maximum Gasteiger partial charge on any atom is 0.344 e. The molecule has 0 aliphatic carbocycles. The van der Waals surface area contributed by atoms with E-state index in [9.17, 15) is 4.79 Å². The molecule has 0 aromatic heterocycles. The average molecular weight is 288 g/mol. The van der Waals surface area contributed by atoms with E-state index in [-0.39, 0.29) is 11.7 Å². The third-order valence-electron chi connectivity index (χ3n) is 1.92. The molecule has 0 fully saturated rings. The van der Waals surface area contributed by atoms with Gasteiger partial charge in [-0.05, 0) is 41.9 Å². The van der Waals surface area contributed by atoms with Crippen LogP contribution >= 0.6 is 15.9 Å². The van der Waals surface area contributed by atoms with Crippen molar-refractivity contribution < 1.29 is 14.3 Å². The Morgan fingerprint density at radius 3 is 2.56 bits per heavy atom. The molecule has 0 bridgehead atoms. The van der Waals surface area contributed by atoms with E-state index < -0.39 is 5.97 Å². The highest BCUT2D eigenvalue weighted by Crippen LogP contribution is 2.31. The van der Waals surface area contributed by atoms with Crippen LogP contribution in [-0.4, -0.2) is 19.2 Å². The molecular formula is C11H14BrNO3. The van der Waals surface area contributed by atoms with Gasteiger partial charge in [-0.1, -0.05) is 0 Å². The molecule has 5 heteroatoms. The highest BCUT2D eigenvalue weighted by molar-refractivity contribution is 9.10. The molecule has 0 radical (unpaired) electrons. The van der Waals surface area contributed by atoms with Gasteiger partial charge in [-0.3, -0.25) is 0 Å². The van der Waals surface area contributed by atoms with E-state index in [1.54, 1.807) is 26.0 Å². The zero-order valence-electron chi connectivity index (χ0n) is 9.41. The number of halogens is 1. The van der Waals surface area contributed by atoms with Gasteiger partial charge in [0.2, 0.25) is 0 Å². The zero-order valence-corrected chi connectivity index (χ0v) is 11.0. The molecule has 16 heavy (non-hydrogen) atoms. The van der Waals surface area contributed by atoms with Crippen molar-refractivity contribution >= 4 is 27.6 Å². The van der Waals surface area contributed by atoms with Crippen molar-refractivity contribution in [3.05, 3.63) is 22.2 Å². The van der Waals surface area contributed by atoms with Gasteiger partial charge in [0.05, 0.1) is 18.9 Å². The van der Waals surface area contributed by atoms with Gasteiger partial charge >= 0.3 is 5.97 Å². The summed E-state index contributed by atoms with van der Waals surface area (Å²) >= 11 is 3.26. The van der Waals surface area contributed by atoms with Crippen molar-refractivity contribution in [1.82, 2.24) is 0 Å². The van der Waals surface area contributed by atoms with Gasteiger partial charge in [0, 0.05) is 4.47 Å². The van der Waals surface area contributed by atoms with Gasteiger partial charge in [-0.25, -0.2) is 4.79 Å². The SMILES string of the molecule is COc1ccc(Br)c(N)c1C(=O)OC(C)C. The van der Waals surface area contributed by atoms with Gasteiger partial charge in [-0.15, -0.1) is 0 Å². The fourth-order valence-corrected chi connectivity index (χ4v) is 1.56. The number of ether oxygens (including phenoxy) is 2. The molecule has 0 heterocycles. The van der Waals surface area contributed by atoms with Gasteiger partial charge in [-0.2, -0.15) is 0 Å². The number of carbonyl (C=O) groups is 1. The fraction of sp³-hybridized carbons (Fsp3) is 0.364. The number of rotatable bonds is 3. The van der Waals surface area contributed by atoms with Crippen LogP contribution in [0.1, 0.15) is 24.2 Å². The number of anilines is 1. The lowest BCUT2D eigenvalue weighted by atomic mass is 10.1. The Morgan fingerprint density at radius 1 is 1.44 bits per heavy atom. The molecule has 0 saturated carbocycles. The Bertz CT molecular complexity index is 404. The molecule has 0 aliphatic rings. The largest absolute Gasteiger partial charge is 0.496 e. The molecule has 0 unspecified atom stereocenters. The van der Waals surface area contributed by atoms with Crippen molar-refractivity contribution in [2.24, 2.45) is 0 Å². The maximum atomic E-state index is 11.8. The minimum atomic E-state index is -0.481. The Labute approximate surface area is 103 Å². The Morgan fingerprint density at radius 2 is 2.06 bits per heavy atom. The zero-order chi connectivity index (χ0) is 12.3. The molecule has 1 aromatic rings. The first-order chi connectivity index (χ1) is 7.47. The molecule has 2 N–H and O–H groups in total. The third kappa shape index (κ3) is 2.66. The molecule has 88 valence electrons. The number of hydrogen-bond donors (Lipinski definition) is 1. The highest BCUT2D eigenvalue weighted by Gasteiger charge is 2.20. The van der Waals surface area contributed by atoms with E-state index >= 15 is 0 Å². The van der Waals surface area contributed by atoms with Crippen molar-refractivity contribution in [3.63, 3.8) is 0 Å². The lowest BCUT2D eigenvalue weighted by Crippen LogP contribution is -2.14. The van der Waals surface area contributed by atoms with Crippen LogP contribution in [0, 0.1) is 0 Å². The third-order valence-corrected chi connectivity index (χ3v) is 2.61. The minimum Gasteiger partial charge on any atom is -0.496 e. The van der Waals surface area contributed by atoms with E-state index in [1.807, 2.05) is 0 Å². The van der Waals surface area contributed by atoms with E-state index in [0.29, 0.717) is 15.9 Å². The van der Waals surface area contributed by atoms with Crippen molar-refractivity contribution in [2.45, 2.75) is 20.0 Å². The number of nitrogen functional groups attached to an aromatic ring is 1. The predicted molar refractivity (Wildman–Crippen MR) is 65.7 cm³/mol. The standard InChI is InChI=1S/C11H14BrNO3/c1-6(2)16-11(14)9-8(15-3)5-4-7(12)10(9)13/h4-6H,13H2,1-3H3. The normalized spacial score (nSPS) is 10.3. The number of carbonyl (C=O) groups excluding carboxylic acids is 1. The summed E-state index contributed by atoms with van der Waals surface area (Å²) in [6.07, 6.45) is -0.199. The fourth-order valence-electron chi connectivity index (χ4n) is 1.23. The van der Waals surface area contributed by atoms with Crippen LogP contribution in [0.2, 0.25) is 0 Å². The molecule has 0 amide bonds. The first-order valence-electron chi connectivity index (χ1n) is 4.80. The first kappa shape index (κ1) is 12.8. The highest BCUT2D eigenvalue weighted by atomic mass is 79.9. The van der Waals surface area contributed by atoms with Gasteiger partial charge in [0.25, 0.3) is 0 Å². The quantitative estimate of drug-likeness (QED) is 0.686. The van der Waals surface area contributed by atoms with Crippen LogP contribution in [0.25, 0.3) is 0 Å². The number of esters is 1. The Balaban J connectivity index is 3.19. The Hall–Kier alpha value is -1.23. The molecule has 0 aliphatic heterocycles. The second-order valence-corrected chi connectivity index (χ2v) is 4.35. The average Bonchev–Trinajstić information content (AvgIpc) is 2.20. The van der Waals surface area contributed by atoms with Crippen molar-refractivity contribution in [3.8, 4) is 5.75 Å². The smallest absolute Gasteiger partial charge is 0.344 e. The summed E-state index contributed by atoms with van der Waals surface area (Å²) < 4.78 is 10.8. The monoisotopic (exact) mass is 287 g/mol. The van der Waals surface area contributed by atoms with Crippen molar-refractivity contribution in [1.29, 1.82) is 0 Å². The number of hydrogen-bond acceptors (Lipinski definition) is 4. The van der Waals surface area contributed by atoms with Crippen LogP contribution in [0.4, 0.5) is 5.69 Å². The summed E-state index contributed by atoms with van der Waals surface area (Å²) in [5, 5.41) is 0. The molecule has 0 saturated heterocycles. The summed E-state index contributed by atoms with van der Waals surface area (Å²) in [5.41, 5.74) is 6.39. The lowest BCUT2D eigenvalue weighted by Gasteiger charge is -2.13. The van der Waals surface area contributed by atoms with Crippen LogP contribution in [0.15, 0.2) is 16.6 Å². The van der Waals surface area contributed by atoms with E-state index in [0.717, 1.165) is 0 Å². The second kappa shape index (κ2) is 5.21. The van der Waals surface area contributed by atoms with Crippen LogP contribution in [0.5, 0.6) is 5.75 Å². The second-order valence-electron chi connectivity index (χ2n) is 3.49. The van der Waals surface area contributed by atoms with E-state index in [2.05, 4.69) is 15.9 Å². The number of nitrogens with two attached hydrogens (primary N) is 1. The maximum absolute atomic E-state index is 11.8. The summed E-state index contributed by atoms with van der Waals surface area (Å²) in [6.45, 7) is 3.55. The molecule has 1 rings (SSSR count). The van der Waals surface area contributed by atoms with Gasteiger partial charge in [0.1, 0.15) is 11.3 Å². The molecule has 0 spiro atoms. The summed E-state index contributed by atoms with van der Waals surface area (Å²) in [6, 6.07) is 3.39. The van der Waals surface area contributed by atoms with Crippen LogP contribution < -0.4 is 10.5 Å². The first-order valence-corrected chi connectivity index (χ1v) is 5.59. The minimum absolute atomic E-state index is 0.199. The lowest BCUT2D eigenvalue weighted by molar-refractivity contribution is 0.0375. The van der Waals surface area contributed by atoms with Gasteiger partial charge < -0.3 is 15.2 Å². The van der Waals surface area contributed by atoms with E-state index in [1.165, 1.54) is 7.11 Å². The van der Waals surface area contributed by atoms with Gasteiger partial charge in [0.15, 0.2) is 0 Å². The van der Waals surface area contributed by atoms with Crippen LogP contribution in [-0.2, 0) is 4.74 Å². The Kier molecular flexibility index (Phi) is 4.18. The molecule has 1 aromatic carbocycles. The number of methoxy groups -OCH3 is 1. The van der Waals surface area contributed by atoms with Crippen molar-refractivity contribution in [2.75, 3.05) is 12.8 Å². The summed E-state index contributed by atoms with van der Waals surface area (Å²) in [4.78, 5) is 11.8. The number of benzene rings is 1. The predicted octanol–water partition coefficient (Wildman–Crippen LogP) is 2.61. The summed E-state index contributed by atoms with van der Waals surface area (Å²) in [5.74, 6) is -0.0722. The topological polar surface area (TPSA) is 61.5 Å². The van der Waals surface area contributed by atoms with E-state index in [4.69, 9.17) is 15.2 Å². The van der Waals surface area contributed by atoms with Crippen LogP contribution in [0.3, 0.4) is 0 Å².